The Labute approximate surface area is 79.6 Å². The largest absolute Gasteiger partial charge is 0.296 e. The Bertz CT molecular complexity index is 355. The molecule has 0 bridgehead atoms. The molecule has 0 N–H and O–H groups in total. The third kappa shape index (κ3) is 2.06. The minimum atomic E-state index is -3.54. The van der Waals surface area contributed by atoms with Crippen LogP contribution >= 0.6 is 15.9 Å². The maximum atomic E-state index is 11.1. The van der Waals surface area contributed by atoms with Gasteiger partial charge in [-0.1, -0.05) is 15.9 Å². The van der Waals surface area contributed by atoms with Gasteiger partial charge in [-0.05, 0) is 24.3 Å². The third-order valence-electron chi connectivity index (χ3n) is 1.32. The van der Waals surface area contributed by atoms with Gasteiger partial charge < -0.3 is 0 Å². The molecule has 0 atom stereocenters. The molecule has 1 aromatic rings. The monoisotopic (exact) mass is 250 g/mol. The predicted molar refractivity (Wildman–Crippen MR) is 48.3 cm³/mol. The Hall–Kier alpha value is -0.390. The second-order valence-electron chi connectivity index (χ2n) is 2.07. The lowest BCUT2D eigenvalue weighted by atomic mass is 10.4. The maximum Gasteiger partial charge on any atom is 0.296 e. The number of hydrogen-bond acceptors (Lipinski definition) is 3. The molecule has 66 valence electrons. The Morgan fingerprint density at radius 2 is 1.75 bits per heavy atom. The molecule has 1 rings (SSSR count). The first-order chi connectivity index (χ1) is 5.56. The summed E-state index contributed by atoms with van der Waals surface area (Å²) < 4.78 is 27.3. The molecule has 0 unspecified atom stereocenters. The highest BCUT2D eigenvalue weighted by Gasteiger charge is 2.11. The smallest absolute Gasteiger partial charge is 0.270 e. The van der Waals surface area contributed by atoms with Gasteiger partial charge in [0.15, 0.2) is 0 Å². The summed E-state index contributed by atoms with van der Waals surface area (Å²) in [6.07, 6.45) is 0. The standard InChI is InChI=1S/C7H7BrO3S/c1-11-12(9,10)7-4-2-6(8)3-5-7/h2-5H,1H3. The summed E-state index contributed by atoms with van der Waals surface area (Å²) in [6, 6.07) is 6.24. The van der Waals surface area contributed by atoms with Gasteiger partial charge in [0.25, 0.3) is 10.1 Å². The van der Waals surface area contributed by atoms with Crippen molar-refractivity contribution in [2.24, 2.45) is 0 Å². The van der Waals surface area contributed by atoms with Crippen LogP contribution in [-0.4, -0.2) is 15.5 Å². The van der Waals surface area contributed by atoms with Crippen LogP contribution in [0.2, 0.25) is 0 Å². The second kappa shape index (κ2) is 3.55. The molecule has 5 heteroatoms. The molecule has 0 saturated carbocycles. The van der Waals surface area contributed by atoms with E-state index in [2.05, 4.69) is 20.1 Å². The van der Waals surface area contributed by atoms with Crippen LogP contribution < -0.4 is 0 Å². The normalized spacial score (nSPS) is 11.5. The molecule has 0 aromatic heterocycles. The van der Waals surface area contributed by atoms with Gasteiger partial charge in [0.05, 0.1) is 12.0 Å². The average molecular weight is 251 g/mol. The van der Waals surface area contributed by atoms with Crippen molar-refractivity contribution in [1.82, 2.24) is 0 Å². The van der Waals surface area contributed by atoms with Crippen LogP contribution in [0.15, 0.2) is 33.6 Å². The van der Waals surface area contributed by atoms with E-state index in [9.17, 15) is 8.42 Å². The summed E-state index contributed by atoms with van der Waals surface area (Å²) in [6.45, 7) is 0. The highest BCUT2D eigenvalue weighted by Crippen LogP contribution is 2.15. The van der Waals surface area contributed by atoms with Gasteiger partial charge in [0.2, 0.25) is 0 Å². The Morgan fingerprint density at radius 3 is 2.17 bits per heavy atom. The zero-order valence-corrected chi connectivity index (χ0v) is 8.72. The summed E-state index contributed by atoms with van der Waals surface area (Å²) in [5.74, 6) is 0. The summed E-state index contributed by atoms with van der Waals surface area (Å²) in [7, 11) is -2.40. The van der Waals surface area contributed by atoms with Crippen LogP contribution in [0.3, 0.4) is 0 Å². The van der Waals surface area contributed by atoms with Crippen molar-refractivity contribution in [2.75, 3.05) is 7.11 Å². The molecule has 0 aliphatic rings. The fourth-order valence-electron chi connectivity index (χ4n) is 0.697. The van der Waals surface area contributed by atoms with Gasteiger partial charge in [-0.25, -0.2) is 0 Å². The molecular formula is C7H7BrO3S. The quantitative estimate of drug-likeness (QED) is 0.752. The third-order valence-corrected chi connectivity index (χ3v) is 3.14. The van der Waals surface area contributed by atoms with Crippen LogP contribution in [0, 0.1) is 0 Å². The molecule has 3 nitrogen and oxygen atoms in total. The molecule has 0 fully saturated rings. The lowest BCUT2D eigenvalue weighted by molar-refractivity contribution is 0.398. The number of halogens is 1. The predicted octanol–water partition coefficient (Wildman–Crippen LogP) is 1.78. The molecule has 12 heavy (non-hydrogen) atoms. The van der Waals surface area contributed by atoms with Crippen molar-refractivity contribution in [1.29, 1.82) is 0 Å². The topological polar surface area (TPSA) is 43.4 Å². The maximum absolute atomic E-state index is 11.1. The van der Waals surface area contributed by atoms with Crippen molar-refractivity contribution in [3.8, 4) is 0 Å². The lowest BCUT2D eigenvalue weighted by Crippen LogP contribution is -2.01. The zero-order valence-electron chi connectivity index (χ0n) is 6.32. The first-order valence-corrected chi connectivity index (χ1v) is 5.32. The summed E-state index contributed by atoms with van der Waals surface area (Å²) in [5, 5.41) is 0. The van der Waals surface area contributed by atoms with Crippen LogP contribution in [0.5, 0.6) is 0 Å². The van der Waals surface area contributed by atoms with Gasteiger partial charge in [-0.15, -0.1) is 0 Å². The Kier molecular flexibility index (Phi) is 2.87. The van der Waals surface area contributed by atoms with Crippen molar-refractivity contribution in [2.45, 2.75) is 4.90 Å². The SMILES string of the molecule is COS(=O)(=O)c1ccc(Br)cc1. The van der Waals surface area contributed by atoms with E-state index >= 15 is 0 Å². The minimum Gasteiger partial charge on any atom is -0.270 e. The highest BCUT2D eigenvalue weighted by molar-refractivity contribution is 9.10. The van der Waals surface area contributed by atoms with E-state index in [1.165, 1.54) is 12.1 Å². The Morgan fingerprint density at radius 1 is 1.25 bits per heavy atom. The molecular weight excluding hydrogens is 244 g/mol. The molecule has 0 heterocycles. The van der Waals surface area contributed by atoms with Crippen molar-refractivity contribution in [3.63, 3.8) is 0 Å². The number of rotatable bonds is 2. The molecule has 0 aliphatic carbocycles. The second-order valence-corrected chi connectivity index (χ2v) is 4.70. The van der Waals surface area contributed by atoms with E-state index < -0.39 is 10.1 Å². The van der Waals surface area contributed by atoms with Gasteiger partial charge in [-0.3, -0.25) is 4.18 Å². The van der Waals surface area contributed by atoms with Crippen molar-refractivity contribution < 1.29 is 12.6 Å². The Balaban J connectivity index is 3.14. The lowest BCUT2D eigenvalue weighted by Gasteiger charge is -1.99. The molecule has 0 aliphatic heterocycles. The van der Waals surface area contributed by atoms with Crippen molar-refractivity contribution in [3.05, 3.63) is 28.7 Å². The first kappa shape index (κ1) is 9.70. The number of benzene rings is 1. The van der Waals surface area contributed by atoms with E-state index in [0.29, 0.717) is 0 Å². The zero-order chi connectivity index (χ0) is 9.19. The highest BCUT2D eigenvalue weighted by atomic mass is 79.9. The van der Waals surface area contributed by atoms with Gasteiger partial charge in [-0.2, -0.15) is 8.42 Å². The number of hydrogen-bond donors (Lipinski definition) is 0. The van der Waals surface area contributed by atoms with E-state index in [1.54, 1.807) is 12.1 Å². The summed E-state index contributed by atoms with van der Waals surface area (Å²) in [5.41, 5.74) is 0. The van der Waals surface area contributed by atoms with Gasteiger partial charge in [0.1, 0.15) is 0 Å². The van der Waals surface area contributed by atoms with E-state index in [-0.39, 0.29) is 4.90 Å². The van der Waals surface area contributed by atoms with Crippen LogP contribution in [0.25, 0.3) is 0 Å². The van der Waals surface area contributed by atoms with Crippen molar-refractivity contribution >= 4 is 26.0 Å². The average Bonchev–Trinajstić information content (AvgIpc) is 2.05. The summed E-state index contributed by atoms with van der Waals surface area (Å²) in [4.78, 5) is 0.160. The van der Waals surface area contributed by atoms with Gasteiger partial charge in [0, 0.05) is 4.47 Å². The van der Waals surface area contributed by atoms with Crippen LogP contribution in [0.4, 0.5) is 0 Å². The van der Waals surface area contributed by atoms with Gasteiger partial charge >= 0.3 is 0 Å². The molecule has 0 radical (unpaired) electrons. The summed E-state index contributed by atoms with van der Waals surface area (Å²) >= 11 is 3.20. The van der Waals surface area contributed by atoms with E-state index in [0.717, 1.165) is 11.6 Å². The van der Waals surface area contributed by atoms with Crippen LogP contribution in [0.1, 0.15) is 0 Å². The molecule has 0 saturated heterocycles. The first-order valence-electron chi connectivity index (χ1n) is 3.12. The van der Waals surface area contributed by atoms with E-state index in [1.807, 2.05) is 0 Å². The molecule has 0 amide bonds. The fraction of sp³-hybridized carbons (Fsp3) is 0.143. The van der Waals surface area contributed by atoms with E-state index in [4.69, 9.17) is 0 Å². The minimum absolute atomic E-state index is 0.160. The molecule has 0 spiro atoms. The fourth-order valence-corrected chi connectivity index (χ4v) is 1.62. The van der Waals surface area contributed by atoms with Crippen LogP contribution in [-0.2, 0) is 14.3 Å². The molecule has 1 aromatic carbocycles.